The minimum atomic E-state index is -0.131. The number of halogens is 1. The average Bonchev–Trinajstić information content (AvgIpc) is 2.37. The second kappa shape index (κ2) is 7.37. The maximum atomic E-state index is 14.0. The first-order valence-electron chi connectivity index (χ1n) is 6.78. The molecule has 0 aliphatic carbocycles. The summed E-state index contributed by atoms with van der Waals surface area (Å²) < 4.78 is 14.0. The molecule has 18 heavy (non-hydrogen) atoms. The quantitative estimate of drug-likeness (QED) is 0.744. The van der Waals surface area contributed by atoms with Crippen LogP contribution in [0.25, 0.3) is 0 Å². The summed E-state index contributed by atoms with van der Waals surface area (Å²) >= 11 is 0. The zero-order chi connectivity index (χ0) is 13.5. The summed E-state index contributed by atoms with van der Waals surface area (Å²) in [5, 5.41) is 3.12. The number of hydrogen-bond donors (Lipinski definition) is 1. The van der Waals surface area contributed by atoms with Gasteiger partial charge in [0.15, 0.2) is 0 Å². The Bertz CT molecular complexity index is 366. The van der Waals surface area contributed by atoms with E-state index in [9.17, 15) is 4.39 Å². The van der Waals surface area contributed by atoms with Crippen molar-refractivity contribution in [2.45, 2.75) is 39.2 Å². The number of nitrogens with one attached hydrogen (secondary N) is 1. The number of unbranched alkanes of at least 4 members (excludes halogenated alkanes) is 2. The topological polar surface area (TPSA) is 15.3 Å². The lowest BCUT2D eigenvalue weighted by Crippen LogP contribution is -2.20. The van der Waals surface area contributed by atoms with Crippen molar-refractivity contribution in [3.05, 3.63) is 29.6 Å². The molecule has 1 aromatic carbocycles. The van der Waals surface area contributed by atoms with Crippen LogP contribution in [0.3, 0.4) is 0 Å². The third kappa shape index (κ3) is 3.98. The lowest BCUT2D eigenvalue weighted by Gasteiger charge is -2.21. The van der Waals surface area contributed by atoms with Crippen LogP contribution in [0.5, 0.6) is 0 Å². The van der Waals surface area contributed by atoms with Gasteiger partial charge in [0.2, 0.25) is 0 Å². The summed E-state index contributed by atoms with van der Waals surface area (Å²) in [4.78, 5) is 2.00. The van der Waals surface area contributed by atoms with E-state index >= 15 is 0 Å². The van der Waals surface area contributed by atoms with Gasteiger partial charge in [0.25, 0.3) is 0 Å². The van der Waals surface area contributed by atoms with Crippen LogP contribution in [-0.2, 0) is 0 Å². The smallest absolute Gasteiger partial charge is 0.146 e. The largest absolute Gasteiger partial charge is 0.372 e. The van der Waals surface area contributed by atoms with Gasteiger partial charge in [-0.05, 0) is 38.1 Å². The predicted molar refractivity (Wildman–Crippen MR) is 76.7 cm³/mol. The fourth-order valence-electron chi connectivity index (χ4n) is 1.99. The van der Waals surface area contributed by atoms with E-state index in [4.69, 9.17) is 0 Å². The average molecular weight is 252 g/mol. The first kappa shape index (κ1) is 15.0. The van der Waals surface area contributed by atoms with Gasteiger partial charge in [0.1, 0.15) is 5.82 Å². The second-order valence-corrected chi connectivity index (χ2v) is 4.85. The molecule has 0 heterocycles. The van der Waals surface area contributed by atoms with Crippen LogP contribution >= 0.6 is 0 Å². The highest BCUT2D eigenvalue weighted by atomic mass is 19.1. The maximum Gasteiger partial charge on any atom is 0.146 e. The number of rotatable bonds is 7. The van der Waals surface area contributed by atoms with Crippen LogP contribution in [0, 0.1) is 5.82 Å². The standard InChI is InChI=1S/C15H25FN2/c1-5-6-7-10-18(4)15-9-8-13(11-14(15)16)12(2)17-3/h8-9,11-12,17H,5-7,10H2,1-4H3. The van der Waals surface area contributed by atoms with E-state index in [1.165, 1.54) is 12.8 Å². The van der Waals surface area contributed by atoms with Crippen LogP contribution in [0.1, 0.15) is 44.7 Å². The Hall–Kier alpha value is -1.09. The molecule has 2 nitrogen and oxygen atoms in total. The number of nitrogens with zero attached hydrogens (tertiary/aromatic N) is 1. The number of benzene rings is 1. The van der Waals surface area contributed by atoms with E-state index in [0.29, 0.717) is 5.69 Å². The molecular formula is C15H25FN2. The zero-order valence-corrected chi connectivity index (χ0v) is 12.0. The molecule has 0 spiro atoms. The van der Waals surface area contributed by atoms with E-state index in [2.05, 4.69) is 12.2 Å². The molecule has 0 fully saturated rings. The zero-order valence-electron chi connectivity index (χ0n) is 12.0. The van der Waals surface area contributed by atoms with Gasteiger partial charge in [-0.3, -0.25) is 0 Å². The predicted octanol–water partition coefficient (Wildman–Crippen LogP) is 3.73. The monoisotopic (exact) mass is 252 g/mol. The minimum Gasteiger partial charge on any atom is -0.372 e. The summed E-state index contributed by atoms with van der Waals surface area (Å²) in [5.41, 5.74) is 1.68. The highest BCUT2D eigenvalue weighted by molar-refractivity contribution is 5.48. The summed E-state index contributed by atoms with van der Waals surface area (Å²) in [6.45, 7) is 5.11. The van der Waals surface area contributed by atoms with Crippen molar-refractivity contribution < 1.29 is 4.39 Å². The van der Waals surface area contributed by atoms with Crippen molar-refractivity contribution in [2.24, 2.45) is 0 Å². The van der Waals surface area contributed by atoms with Crippen molar-refractivity contribution in [2.75, 3.05) is 25.5 Å². The summed E-state index contributed by atoms with van der Waals surface area (Å²) in [5.74, 6) is -0.131. The normalized spacial score (nSPS) is 12.5. The molecule has 0 bridgehead atoms. The van der Waals surface area contributed by atoms with Crippen molar-refractivity contribution in [1.29, 1.82) is 0 Å². The Morgan fingerprint density at radius 2 is 2.06 bits per heavy atom. The molecule has 0 aromatic heterocycles. The van der Waals surface area contributed by atoms with Gasteiger partial charge in [0.05, 0.1) is 5.69 Å². The third-order valence-corrected chi connectivity index (χ3v) is 3.41. The van der Waals surface area contributed by atoms with Crippen LogP contribution in [0.15, 0.2) is 18.2 Å². The Morgan fingerprint density at radius 3 is 2.61 bits per heavy atom. The van der Waals surface area contributed by atoms with Crippen LogP contribution in [0.2, 0.25) is 0 Å². The van der Waals surface area contributed by atoms with Crippen LogP contribution in [0.4, 0.5) is 10.1 Å². The van der Waals surface area contributed by atoms with Gasteiger partial charge in [-0.1, -0.05) is 25.8 Å². The van der Waals surface area contributed by atoms with E-state index in [1.807, 2.05) is 38.1 Å². The highest BCUT2D eigenvalue weighted by Crippen LogP contribution is 2.22. The fourth-order valence-corrected chi connectivity index (χ4v) is 1.99. The molecule has 0 radical (unpaired) electrons. The lowest BCUT2D eigenvalue weighted by atomic mass is 10.1. The highest BCUT2D eigenvalue weighted by Gasteiger charge is 2.10. The fraction of sp³-hybridized carbons (Fsp3) is 0.600. The molecule has 1 N–H and O–H groups in total. The molecule has 0 saturated carbocycles. The molecule has 0 saturated heterocycles. The van der Waals surface area contributed by atoms with Gasteiger partial charge in [0, 0.05) is 19.6 Å². The van der Waals surface area contributed by atoms with Gasteiger partial charge in [-0.2, -0.15) is 0 Å². The van der Waals surface area contributed by atoms with Crippen molar-refractivity contribution in [3.63, 3.8) is 0 Å². The Labute approximate surface area is 110 Å². The molecule has 102 valence electrons. The maximum absolute atomic E-state index is 14.0. The molecular weight excluding hydrogens is 227 g/mol. The summed E-state index contributed by atoms with van der Waals surface area (Å²) in [6, 6.07) is 5.69. The third-order valence-electron chi connectivity index (χ3n) is 3.41. The first-order valence-corrected chi connectivity index (χ1v) is 6.78. The first-order chi connectivity index (χ1) is 8.60. The Kier molecular flexibility index (Phi) is 6.13. The molecule has 0 aliphatic heterocycles. The lowest BCUT2D eigenvalue weighted by molar-refractivity contribution is 0.601. The Balaban J connectivity index is 2.72. The van der Waals surface area contributed by atoms with Crippen LogP contribution in [-0.4, -0.2) is 20.6 Å². The molecule has 1 rings (SSSR count). The van der Waals surface area contributed by atoms with Gasteiger partial charge in [-0.25, -0.2) is 4.39 Å². The number of anilines is 1. The van der Waals surface area contributed by atoms with E-state index < -0.39 is 0 Å². The van der Waals surface area contributed by atoms with Crippen molar-refractivity contribution in [3.8, 4) is 0 Å². The molecule has 1 aromatic rings. The van der Waals surface area contributed by atoms with Crippen molar-refractivity contribution in [1.82, 2.24) is 5.32 Å². The summed E-state index contributed by atoms with van der Waals surface area (Å²) in [6.07, 6.45) is 3.50. The molecule has 0 aliphatic rings. The molecule has 3 heteroatoms. The van der Waals surface area contributed by atoms with E-state index in [1.54, 1.807) is 6.07 Å². The van der Waals surface area contributed by atoms with Crippen molar-refractivity contribution >= 4 is 5.69 Å². The SMILES string of the molecule is CCCCCN(C)c1ccc(C(C)NC)cc1F. The molecule has 0 amide bonds. The molecule has 1 atom stereocenters. The van der Waals surface area contributed by atoms with Gasteiger partial charge in [-0.15, -0.1) is 0 Å². The van der Waals surface area contributed by atoms with Gasteiger partial charge >= 0.3 is 0 Å². The Morgan fingerprint density at radius 1 is 1.33 bits per heavy atom. The summed E-state index contributed by atoms with van der Waals surface area (Å²) in [7, 11) is 3.84. The van der Waals surface area contributed by atoms with Gasteiger partial charge < -0.3 is 10.2 Å². The number of hydrogen-bond acceptors (Lipinski definition) is 2. The van der Waals surface area contributed by atoms with E-state index in [0.717, 1.165) is 18.5 Å². The van der Waals surface area contributed by atoms with E-state index in [-0.39, 0.29) is 11.9 Å². The second-order valence-electron chi connectivity index (χ2n) is 4.85. The minimum absolute atomic E-state index is 0.131. The molecule has 1 unspecified atom stereocenters. The van der Waals surface area contributed by atoms with Crippen LogP contribution < -0.4 is 10.2 Å².